The summed E-state index contributed by atoms with van der Waals surface area (Å²) >= 11 is 0. The van der Waals surface area contributed by atoms with Crippen LogP contribution in [0.15, 0.2) is 71.6 Å². The highest BCUT2D eigenvalue weighted by Gasteiger charge is 2.22. The highest BCUT2D eigenvalue weighted by Crippen LogP contribution is 2.36. The van der Waals surface area contributed by atoms with Crippen molar-refractivity contribution in [3.63, 3.8) is 0 Å². The number of aliphatic hydroxyl groups excluding tert-OH is 1. The number of benzene rings is 4. The fourth-order valence-electron chi connectivity index (χ4n) is 4.37. The number of nitrogens with zero attached hydrogens (tertiary/aromatic N) is 1. The Balaban J connectivity index is 1.61. The first kappa shape index (κ1) is 21.3. The van der Waals surface area contributed by atoms with Gasteiger partial charge in [0.15, 0.2) is 0 Å². The highest BCUT2D eigenvalue weighted by molar-refractivity contribution is 7.87. The van der Waals surface area contributed by atoms with Crippen LogP contribution in [0.4, 0.5) is 5.69 Å². The Bertz CT molecular complexity index is 1640. The summed E-state index contributed by atoms with van der Waals surface area (Å²) in [6.07, 6.45) is 0. The summed E-state index contributed by atoms with van der Waals surface area (Å²) in [7, 11) is -0.229. The van der Waals surface area contributed by atoms with Crippen molar-refractivity contribution < 1.29 is 17.7 Å². The molecule has 0 fully saturated rings. The van der Waals surface area contributed by atoms with E-state index in [1.807, 2.05) is 68.4 Å². The third kappa shape index (κ3) is 3.50. The standard InChI is InChI=1S/C26H24N2O4S/c1-16-24(13-12-21-18-11-10-17(15-29)14-22(18)27-26(16)21)32-33(30,31)25-9-5-6-19-20(25)7-4-8-23(19)28(2)3/h4-14,27,29H,15H2,1-3H3. The maximum Gasteiger partial charge on any atom is 0.339 e. The van der Waals surface area contributed by atoms with Gasteiger partial charge in [-0.05, 0) is 42.8 Å². The SMILES string of the molecule is Cc1c(OS(=O)(=O)c2cccc3c(N(C)C)cccc23)ccc2c1[nH]c1cc(CO)ccc12. The first-order valence-electron chi connectivity index (χ1n) is 10.6. The molecule has 0 saturated carbocycles. The maximum atomic E-state index is 13.4. The number of hydrogen-bond donors (Lipinski definition) is 2. The zero-order valence-electron chi connectivity index (χ0n) is 18.6. The van der Waals surface area contributed by atoms with Gasteiger partial charge in [-0.3, -0.25) is 0 Å². The lowest BCUT2D eigenvalue weighted by Gasteiger charge is -2.17. The van der Waals surface area contributed by atoms with Crippen molar-refractivity contribution in [3.05, 3.63) is 77.9 Å². The van der Waals surface area contributed by atoms with Crippen molar-refractivity contribution in [3.8, 4) is 5.75 Å². The van der Waals surface area contributed by atoms with Crippen LogP contribution in [0.3, 0.4) is 0 Å². The third-order valence-electron chi connectivity index (χ3n) is 6.04. The Morgan fingerprint density at radius 1 is 0.909 bits per heavy atom. The molecule has 1 aromatic heterocycles. The van der Waals surface area contributed by atoms with Gasteiger partial charge in [-0.25, -0.2) is 0 Å². The van der Waals surface area contributed by atoms with E-state index in [-0.39, 0.29) is 17.3 Å². The minimum atomic E-state index is -4.08. The Hall–Kier alpha value is -3.55. The molecule has 0 radical (unpaired) electrons. The van der Waals surface area contributed by atoms with Crippen LogP contribution in [0.2, 0.25) is 0 Å². The zero-order chi connectivity index (χ0) is 23.3. The number of nitrogens with one attached hydrogen (secondary N) is 1. The van der Waals surface area contributed by atoms with Gasteiger partial charge in [-0.1, -0.05) is 36.4 Å². The summed E-state index contributed by atoms with van der Waals surface area (Å²) in [5, 5.41) is 12.9. The molecule has 33 heavy (non-hydrogen) atoms. The normalized spacial score (nSPS) is 12.0. The average Bonchev–Trinajstić information content (AvgIpc) is 3.18. The topological polar surface area (TPSA) is 82.6 Å². The molecule has 0 bridgehead atoms. The van der Waals surface area contributed by atoms with E-state index in [2.05, 4.69) is 4.98 Å². The second kappa shape index (κ2) is 7.79. The van der Waals surface area contributed by atoms with E-state index in [0.29, 0.717) is 10.9 Å². The number of aromatic nitrogens is 1. The molecule has 1 heterocycles. The van der Waals surface area contributed by atoms with Gasteiger partial charge in [0, 0.05) is 52.4 Å². The number of aromatic amines is 1. The number of aliphatic hydroxyl groups is 1. The molecule has 0 aliphatic heterocycles. The van der Waals surface area contributed by atoms with E-state index < -0.39 is 10.1 Å². The van der Waals surface area contributed by atoms with E-state index in [1.54, 1.807) is 24.3 Å². The number of anilines is 1. The van der Waals surface area contributed by atoms with Gasteiger partial charge in [0.2, 0.25) is 0 Å². The smallest absolute Gasteiger partial charge is 0.339 e. The van der Waals surface area contributed by atoms with Crippen molar-refractivity contribution in [1.82, 2.24) is 4.98 Å². The summed E-state index contributed by atoms with van der Waals surface area (Å²) in [4.78, 5) is 5.43. The van der Waals surface area contributed by atoms with E-state index >= 15 is 0 Å². The minimum absolute atomic E-state index is 0.0442. The fourth-order valence-corrected chi connectivity index (χ4v) is 5.57. The molecule has 0 atom stereocenters. The molecule has 0 amide bonds. The van der Waals surface area contributed by atoms with Gasteiger partial charge in [0.05, 0.1) is 12.1 Å². The Morgan fingerprint density at radius 2 is 1.64 bits per heavy atom. The van der Waals surface area contributed by atoms with Gasteiger partial charge < -0.3 is 19.2 Å². The largest absolute Gasteiger partial charge is 0.392 e. The second-order valence-electron chi connectivity index (χ2n) is 8.33. The number of H-pyrrole nitrogens is 1. The quantitative estimate of drug-likeness (QED) is 0.356. The highest BCUT2D eigenvalue weighted by atomic mass is 32.2. The molecule has 5 aromatic rings. The Kier molecular flexibility index (Phi) is 5.03. The maximum absolute atomic E-state index is 13.4. The molecule has 0 saturated heterocycles. The molecule has 0 aliphatic carbocycles. The molecule has 0 aliphatic rings. The zero-order valence-corrected chi connectivity index (χ0v) is 19.4. The monoisotopic (exact) mass is 460 g/mol. The van der Waals surface area contributed by atoms with Crippen LogP contribution in [0, 0.1) is 6.92 Å². The van der Waals surface area contributed by atoms with E-state index in [0.717, 1.165) is 38.4 Å². The van der Waals surface area contributed by atoms with Gasteiger partial charge >= 0.3 is 10.1 Å². The molecule has 6 nitrogen and oxygen atoms in total. The minimum Gasteiger partial charge on any atom is -0.392 e. The molecule has 5 rings (SSSR count). The van der Waals surface area contributed by atoms with Crippen LogP contribution in [0.25, 0.3) is 32.6 Å². The lowest BCUT2D eigenvalue weighted by Crippen LogP contribution is -2.12. The summed E-state index contributed by atoms with van der Waals surface area (Å²) < 4.78 is 32.4. The summed E-state index contributed by atoms with van der Waals surface area (Å²) in [5.74, 6) is 0.275. The van der Waals surface area contributed by atoms with E-state index in [9.17, 15) is 13.5 Å². The third-order valence-corrected chi connectivity index (χ3v) is 7.34. The predicted molar refractivity (Wildman–Crippen MR) is 133 cm³/mol. The molecule has 0 spiro atoms. The number of rotatable bonds is 5. The fraction of sp³-hybridized carbons (Fsp3) is 0.154. The molecule has 2 N–H and O–H groups in total. The second-order valence-corrected chi connectivity index (χ2v) is 9.85. The summed E-state index contributed by atoms with van der Waals surface area (Å²) in [5.41, 5.74) is 4.12. The van der Waals surface area contributed by atoms with E-state index in [4.69, 9.17) is 4.18 Å². The Morgan fingerprint density at radius 3 is 2.39 bits per heavy atom. The van der Waals surface area contributed by atoms with Crippen molar-refractivity contribution in [2.75, 3.05) is 19.0 Å². The number of fused-ring (bicyclic) bond motifs is 4. The van der Waals surface area contributed by atoms with E-state index in [1.165, 1.54) is 0 Å². The van der Waals surface area contributed by atoms with Crippen LogP contribution in [0.5, 0.6) is 5.75 Å². The molecule has 168 valence electrons. The first-order valence-corrected chi connectivity index (χ1v) is 12.0. The molecule has 0 unspecified atom stereocenters. The Labute approximate surface area is 192 Å². The summed E-state index contributed by atoms with van der Waals surface area (Å²) in [6, 6.07) is 20.1. The lowest BCUT2D eigenvalue weighted by atomic mass is 10.1. The van der Waals surface area contributed by atoms with Crippen LogP contribution in [-0.4, -0.2) is 32.6 Å². The van der Waals surface area contributed by atoms with Crippen molar-refractivity contribution >= 4 is 48.4 Å². The molecule has 7 heteroatoms. The van der Waals surface area contributed by atoms with Crippen LogP contribution >= 0.6 is 0 Å². The first-order chi connectivity index (χ1) is 15.8. The number of aryl methyl sites for hydroxylation is 1. The van der Waals surface area contributed by atoms with Crippen molar-refractivity contribution in [1.29, 1.82) is 0 Å². The van der Waals surface area contributed by atoms with Crippen LogP contribution < -0.4 is 9.08 Å². The number of hydrogen-bond acceptors (Lipinski definition) is 5. The van der Waals surface area contributed by atoms with Crippen molar-refractivity contribution in [2.24, 2.45) is 0 Å². The van der Waals surface area contributed by atoms with Gasteiger partial charge in [-0.15, -0.1) is 0 Å². The molecular weight excluding hydrogens is 436 g/mol. The van der Waals surface area contributed by atoms with Gasteiger partial charge in [-0.2, -0.15) is 8.42 Å². The van der Waals surface area contributed by atoms with Crippen LogP contribution in [-0.2, 0) is 16.7 Å². The molecule has 4 aromatic carbocycles. The van der Waals surface area contributed by atoms with Gasteiger partial charge in [0.25, 0.3) is 0 Å². The lowest BCUT2D eigenvalue weighted by molar-refractivity contribution is 0.282. The van der Waals surface area contributed by atoms with Crippen molar-refractivity contribution in [2.45, 2.75) is 18.4 Å². The molecular formula is C26H24N2O4S. The van der Waals surface area contributed by atoms with Crippen LogP contribution in [0.1, 0.15) is 11.1 Å². The average molecular weight is 461 g/mol. The predicted octanol–water partition coefficient (Wildman–Crippen LogP) is 5.11. The van der Waals surface area contributed by atoms with Gasteiger partial charge in [0.1, 0.15) is 10.6 Å². The summed E-state index contributed by atoms with van der Waals surface area (Å²) in [6.45, 7) is 1.79.